The van der Waals surface area contributed by atoms with Crippen molar-refractivity contribution in [3.05, 3.63) is 0 Å². The third kappa shape index (κ3) is 2.42. The maximum absolute atomic E-state index is 12.6. The van der Waals surface area contributed by atoms with Crippen LogP contribution in [0.5, 0.6) is 0 Å². The number of hydrogen-bond acceptors (Lipinski definition) is 4. The fourth-order valence-electron chi connectivity index (χ4n) is 3.69. The first-order valence-corrected chi connectivity index (χ1v) is 7.41. The number of aliphatic carboxylic acids is 1. The molecule has 1 saturated carbocycles. The molecule has 2 saturated heterocycles. The Kier molecular flexibility index (Phi) is 3.69. The molecule has 2 heterocycles. The number of amides is 1. The Morgan fingerprint density at radius 1 is 1.10 bits per heavy atom. The predicted molar refractivity (Wildman–Crippen MR) is 68.9 cm³/mol. The van der Waals surface area contributed by atoms with Crippen LogP contribution in [-0.2, 0) is 19.1 Å². The van der Waals surface area contributed by atoms with Gasteiger partial charge in [-0.3, -0.25) is 9.59 Å². The van der Waals surface area contributed by atoms with Crippen LogP contribution in [0.4, 0.5) is 0 Å². The second kappa shape index (κ2) is 5.33. The molecule has 1 aliphatic carbocycles. The van der Waals surface area contributed by atoms with Gasteiger partial charge in [0.15, 0.2) is 5.79 Å². The summed E-state index contributed by atoms with van der Waals surface area (Å²) in [6.45, 7) is 2.26. The van der Waals surface area contributed by atoms with E-state index in [1.165, 1.54) is 0 Å². The molecular formula is C14H21NO5. The first kappa shape index (κ1) is 13.8. The van der Waals surface area contributed by atoms with Crippen LogP contribution in [0.2, 0.25) is 0 Å². The Bertz CT molecular complexity index is 404. The third-order valence-electron chi connectivity index (χ3n) is 4.69. The number of carbonyl (C=O) groups is 2. The van der Waals surface area contributed by atoms with Gasteiger partial charge >= 0.3 is 5.97 Å². The third-order valence-corrected chi connectivity index (χ3v) is 4.69. The number of likely N-dealkylation sites (tertiary alicyclic amines) is 1. The molecule has 20 heavy (non-hydrogen) atoms. The molecule has 2 aliphatic heterocycles. The van der Waals surface area contributed by atoms with Gasteiger partial charge in [0.2, 0.25) is 5.91 Å². The second-order valence-corrected chi connectivity index (χ2v) is 5.95. The highest BCUT2D eigenvalue weighted by Gasteiger charge is 2.45. The highest BCUT2D eigenvalue weighted by atomic mass is 16.7. The van der Waals surface area contributed by atoms with E-state index in [4.69, 9.17) is 9.47 Å². The first-order valence-electron chi connectivity index (χ1n) is 7.41. The average Bonchev–Trinajstić information content (AvgIpc) is 3.07. The van der Waals surface area contributed by atoms with Crippen molar-refractivity contribution in [2.45, 2.75) is 37.9 Å². The summed E-state index contributed by atoms with van der Waals surface area (Å²) in [7, 11) is 0. The quantitative estimate of drug-likeness (QED) is 0.813. The molecule has 3 rings (SSSR count). The topological polar surface area (TPSA) is 76.1 Å². The molecule has 1 amide bonds. The maximum Gasteiger partial charge on any atom is 0.307 e. The number of carboxylic acids is 1. The van der Waals surface area contributed by atoms with Gasteiger partial charge in [-0.1, -0.05) is 6.42 Å². The smallest absolute Gasteiger partial charge is 0.307 e. The van der Waals surface area contributed by atoms with Crippen LogP contribution < -0.4 is 0 Å². The summed E-state index contributed by atoms with van der Waals surface area (Å²) >= 11 is 0. The summed E-state index contributed by atoms with van der Waals surface area (Å²) < 4.78 is 11.3. The Morgan fingerprint density at radius 3 is 2.50 bits per heavy atom. The Morgan fingerprint density at radius 2 is 1.80 bits per heavy atom. The molecule has 2 unspecified atom stereocenters. The molecule has 3 aliphatic rings. The van der Waals surface area contributed by atoms with E-state index in [1.807, 2.05) is 0 Å². The predicted octanol–water partition coefficient (Wildman–Crippen LogP) is 0.853. The van der Waals surface area contributed by atoms with Crippen molar-refractivity contribution in [1.29, 1.82) is 0 Å². The van der Waals surface area contributed by atoms with Crippen LogP contribution >= 0.6 is 0 Å². The molecule has 6 heteroatoms. The highest BCUT2D eigenvalue weighted by molar-refractivity contribution is 5.85. The fraction of sp³-hybridized carbons (Fsp3) is 0.857. The molecule has 0 aromatic heterocycles. The summed E-state index contributed by atoms with van der Waals surface area (Å²) in [5, 5.41) is 9.22. The minimum Gasteiger partial charge on any atom is -0.481 e. The molecule has 0 aromatic rings. The van der Waals surface area contributed by atoms with Gasteiger partial charge in [-0.25, -0.2) is 0 Å². The van der Waals surface area contributed by atoms with Gasteiger partial charge < -0.3 is 19.5 Å². The zero-order valence-corrected chi connectivity index (χ0v) is 11.5. The lowest BCUT2D eigenvalue weighted by Gasteiger charge is -2.39. The molecule has 3 fully saturated rings. The van der Waals surface area contributed by atoms with Gasteiger partial charge in [0.25, 0.3) is 0 Å². The van der Waals surface area contributed by atoms with Gasteiger partial charge in [0.05, 0.1) is 31.6 Å². The lowest BCUT2D eigenvalue weighted by atomic mass is 9.93. The van der Waals surface area contributed by atoms with Gasteiger partial charge in [0, 0.05) is 13.0 Å². The van der Waals surface area contributed by atoms with E-state index in [0.717, 1.165) is 19.3 Å². The zero-order chi connectivity index (χ0) is 14.2. The maximum atomic E-state index is 12.6. The van der Waals surface area contributed by atoms with Crippen LogP contribution in [-0.4, -0.2) is 54.0 Å². The van der Waals surface area contributed by atoms with Crippen molar-refractivity contribution in [2.75, 3.05) is 26.3 Å². The number of ether oxygens (including phenoxy) is 2. The second-order valence-electron chi connectivity index (χ2n) is 5.95. The molecule has 1 spiro atoms. The lowest BCUT2D eigenvalue weighted by molar-refractivity contribution is -0.195. The van der Waals surface area contributed by atoms with E-state index in [1.54, 1.807) is 4.90 Å². The number of piperidine rings is 1. The van der Waals surface area contributed by atoms with E-state index in [2.05, 4.69) is 0 Å². The van der Waals surface area contributed by atoms with Crippen molar-refractivity contribution >= 4 is 11.9 Å². The summed E-state index contributed by atoms with van der Waals surface area (Å²) in [5.74, 6) is -2.41. The molecule has 112 valence electrons. The SMILES string of the molecule is O=C(O)C1CCCC1C(=O)N1CCCC2(C1)OCCO2. The summed E-state index contributed by atoms with van der Waals surface area (Å²) in [6, 6.07) is 0. The van der Waals surface area contributed by atoms with E-state index in [9.17, 15) is 14.7 Å². The molecule has 0 bridgehead atoms. The summed E-state index contributed by atoms with van der Waals surface area (Å²) in [5.41, 5.74) is 0. The van der Waals surface area contributed by atoms with Gasteiger partial charge in [-0.05, 0) is 19.3 Å². The molecule has 6 nitrogen and oxygen atoms in total. The number of nitrogens with zero attached hydrogens (tertiary/aromatic N) is 1. The van der Waals surface area contributed by atoms with Crippen molar-refractivity contribution in [3.8, 4) is 0 Å². The standard InChI is InChI=1S/C14H21NO5/c16-12(10-3-1-4-11(10)13(17)18)15-6-2-5-14(9-15)19-7-8-20-14/h10-11H,1-9H2,(H,17,18). The summed E-state index contributed by atoms with van der Waals surface area (Å²) in [6.07, 6.45) is 3.76. The monoisotopic (exact) mass is 283 g/mol. The van der Waals surface area contributed by atoms with Crippen molar-refractivity contribution in [2.24, 2.45) is 11.8 Å². The minimum absolute atomic E-state index is 0.0342. The van der Waals surface area contributed by atoms with Crippen LogP contribution in [0.15, 0.2) is 0 Å². The van der Waals surface area contributed by atoms with Crippen molar-refractivity contribution in [3.63, 3.8) is 0 Å². The molecule has 2 atom stereocenters. The van der Waals surface area contributed by atoms with Crippen LogP contribution in [0.3, 0.4) is 0 Å². The van der Waals surface area contributed by atoms with E-state index >= 15 is 0 Å². The van der Waals surface area contributed by atoms with Gasteiger partial charge in [-0.2, -0.15) is 0 Å². The van der Waals surface area contributed by atoms with E-state index in [-0.39, 0.29) is 11.8 Å². The largest absolute Gasteiger partial charge is 0.481 e. The van der Waals surface area contributed by atoms with Gasteiger partial charge in [0.1, 0.15) is 0 Å². The highest BCUT2D eigenvalue weighted by Crippen LogP contribution is 2.36. The Labute approximate surface area is 118 Å². The van der Waals surface area contributed by atoms with Crippen LogP contribution in [0.1, 0.15) is 32.1 Å². The van der Waals surface area contributed by atoms with Crippen LogP contribution in [0.25, 0.3) is 0 Å². The number of carbonyl (C=O) groups excluding carboxylic acids is 1. The average molecular weight is 283 g/mol. The number of rotatable bonds is 2. The lowest BCUT2D eigenvalue weighted by Crippen LogP contribution is -2.53. The van der Waals surface area contributed by atoms with E-state index in [0.29, 0.717) is 39.1 Å². The Hall–Kier alpha value is -1.14. The fourth-order valence-corrected chi connectivity index (χ4v) is 3.69. The Balaban J connectivity index is 1.69. The number of hydrogen-bond donors (Lipinski definition) is 1. The normalized spacial score (nSPS) is 32.7. The minimum atomic E-state index is -0.846. The molecule has 0 radical (unpaired) electrons. The van der Waals surface area contributed by atoms with Gasteiger partial charge in [-0.15, -0.1) is 0 Å². The molecule has 0 aromatic carbocycles. The molecule has 1 N–H and O–H groups in total. The first-order chi connectivity index (χ1) is 9.61. The van der Waals surface area contributed by atoms with Crippen molar-refractivity contribution < 1.29 is 24.2 Å². The van der Waals surface area contributed by atoms with Crippen molar-refractivity contribution in [1.82, 2.24) is 4.90 Å². The number of carboxylic acid groups (broad SMARTS) is 1. The summed E-state index contributed by atoms with van der Waals surface area (Å²) in [4.78, 5) is 25.6. The zero-order valence-electron chi connectivity index (χ0n) is 11.5. The molecular weight excluding hydrogens is 262 g/mol. The van der Waals surface area contributed by atoms with Crippen LogP contribution in [0, 0.1) is 11.8 Å². The van der Waals surface area contributed by atoms with E-state index < -0.39 is 17.7 Å².